The summed E-state index contributed by atoms with van der Waals surface area (Å²) in [5.74, 6) is 2.04. The summed E-state index contributed by atoms with van der Waals surface area (Å²) in [6.45, 7) is 4.87. The first-order valence-electron chi connectivity index (χ1n) is 12.0. The van der Waals surface area contributed by atoms with Crippen LogP contribution in [0.4, 0.5) is 11.6 Å². The molecule has 0 spiro atoms. The molecule has 0 radical (unpaired) electrons. The number of fused-ring (bicyclic) bond motifs is 1. The van der Waals surface area contributed by atoms with Gasteiger partial charge in [-0.25, -0.2) is 19.9 Å². The second-order valence-corrected chi connectivity index (χ2v) is 9.14. The van der Waals surface area contributed by atoms with Crippen molar-refractivity contribution in [1.29, 1.82) is 0 Å². The summed E-state index contributed by atoms with van der Waals surface area (Å²) in [7, 11) is 0. The number of nitrogens with zero attached hydrogens (tertiary/aromatic N) is 6. The van der Waals surface area contributed by atoms with E-state index in [1.54, 1.807) is 6.92 Å². The lowest BCUT2D eigenvalue weighted by Gasteiger charge is -2.24. The largest absolute Gasteiger partial charge is 0.383 e. The first kappa shape index (κ1) is 21.6. The Kier molecular flexibility index (Phi) is 6.07. The van der Waals surface area contributed by atoms with E-state index in [1.807, 2.05) is 11.1 Å². The van der Waals surface area contributed by atoms with E-state index in [4.69, 9.17) is 15.7 Å². The molecular weight excluding hydrogens is 414 g/mol. The first-order chi connectivity index (χ1) is 16.1. The Morgan fingerprint density at radius 2 is 1.85 bits per heavy atom. The second-order valence-electron chi connectivity index (χ2n) is 9.14. The van der Waals surface area contributed by atoms with Crippen molar-refractivity contribution < 1.29 is 4.79 Å². The summed E-state index contributed by atoms with van der Waals surface area (Å²) in [5, 5.41) is 0.900. The summed E-state index contributed by atoms with van der Waals surface area (Å²) in [6, 6.07) is 6.31. The molecule has 2 N–H and O–H groups in total. The third-order valence-corrected chi connectivity index (χ3v) is 7.02. The molecule has 1 saturated heterocycles. The van der Waals surface area contributed by atoms with E-state index in [9.17, 15) is 4.79 Å². The molecule has 33 heavy (non-hydrogen) atoms. The lowest BCUT2D eigenvalue weighted by molar-refractivity contribution is -0.128. The molecule has 4 heterocycles. The van der Waals surface area contributed by atoms with Crippen LogP contribution in [0.3, 0.4) is 0 Å². The minimum absolute atomic E-state index is 0.140. The predicted molar refractivity (Wildman–Crippen MR) is 130 cm³/mol. The van der Waals surface area contributed by atoms with Gasteiger partial charge in [0.25, 0.3) is 0 Å². The van der Waals surface area contributed by atoms with Gasteiger partial charge in [-0.1, -0.05) is 19.3 Å². The number of nitrogen functional groups attached to an aromatic ring is 1. The number of carbonyl (C=O) groups is 1. The number of hydrogen-bond donors (Lipinski definition) is 1. The number of rotatable bonds is 3. The Balaban J connectivity index is 1.45. The predicted octanol–water partition coefficient (Wildman–Crippen LogP) is 3.78. The maximum atomic E-state index is 11.7. The van der Waals surface area contributed by atoms with E-state index in [0.717, 1.165) is 67.9 Å². The zero-order chi connectivity index (χ0) is 22.8. The highest BCUT2D eigenvalue weighted by Gasteiger charge is 2.22. The number of carbonyl (C=O) groups excluding carboxylic acids is 1. The molecule has 0 atom stereocenters. The molecule has 5 rings (SSSR count). The zero-order valence-electron chi connectivity index (χ0n) is 19.2. The lowest BCUT2D eigenvalue weighted by Crippen LogP contribution is -2.33. The summed E-state index contributed by atoms with van der Waals surface area (Å²) in [4.78, 5) is 34.1. The van der Waals surface area contributed by atoms with Crippen molar-refractivity contribution in [2.24, 2.45) is 0 Å². The topological polar surface area (TPSA) is 101 Å². The van der Waals surface area contributed by atoms with Gasteiger partial charge in [-0.2, -0.15) is 0 Å². The van der Waals surface area contributed by atoms with Crippen LogP contribution in [0.5, 0.6) is 0 Å². The number of amides is 1. The SMILES string of the molecule is CC(=O)N1CCCN(c2ccc(-c3cc(C4CCCCC4)c4c(N)ncnc4n3)cn2)CC1. The maximum Gasteiger partial charge on any atom is 0.219 e. The quantitative estimate of drug-likeness (QED) is 0.655. The van der Waals surface area contributed by atoms with E-state index >= 15 is 0 Å². The maximum absolute atomic E-state index is 11.7. The van der Waals surface area contributed by atoms with Crippen molar-refractivity contribution >= 4 is 28.6 Å². The van der Waals surface area contributed by atoms with Gasteiger partial charge in [0.05, 0.1) is 11.1 Å². The number of pyridine rings is 2. The number of hydrogen-bond acceptors (Lipinski definition) is 7. The molecular formula is C25H31N7O. The minimum Gasteiger partial charge on any atom is -0.383 e. The Labute approximate surface area is 194 Å². The van der Waals surface area contributed by atoms with Crippen LogP contribution in [-0.4, -0.2) is 56.9 Å². The van der Waals surface area contributed by atoms with Gasteiger partial charge in [0, 0.05) is 44.9 Å². The fraction of sp³-hybridized carbons (Fsp3) is 0.480. The van der Waals surface area contributed by atoms with Gasteiger partial charge in [0.1, 0.15) is 18.0 Å². The van der Waals surface area contributed by atoms with Gasteiger partial charge >= 0.3 is 0 Å². The van der Waals surface area contributed by atoms with Crippen LogP contribution in [0.2, 0.25) is 0 Å². The third-order valence-electron chi connectivity index (χ3n) is 7.02. The molecule has 1 amide bonds. The van der Waals surface area contributed by atoms with Crippen LogP contribution >= 0.6 is 0 Å². The smallest absolute Gasteiger partial charge is 0.219 e. The summed E-state index contributed by atoms with van der Waals surface area (Å²) < 4.78 is 0. The number of nitrogens with two attached hydrogens (primary N) is 1. The Hall–Kier alpha value is -3.29. The fourth-order valence-electron chi connectivity index (χ4n) is 5.19. The molecule has 3 aromatic rings. The molecule has 0 unspecified atom stereocenters. The molecule has 1 aliphatic heterocycles. The van der Waals surface area contributed by atoms with Crippen LogP contribution in [0, 0.1) is 0 Å². The van der Waals surface area contributed by atoms with E-state index in [2.05, 4.69) is 33.1 Å². The van der Waals surface area contributed by atoms with Gasteiger partial charge in [-0.05, 0) is 48.9 Å². The zero-order valence-corrected chi connectivity index (χ0v) is 19.2. The Morgan fingerprint density at radius 1 is 1.00 bits per heavy atom. The average Bonchev–Trinajstić information content (AvgIpc) is 3.11. The number of anilines is 2. The van der Waals surface area contributed by atoms with E-state index in [0.29, 0.717) is 17.4 Å². The van der Waals surface area contributed by atoms with Crippen molar-refractivity contribution in [3.63, 3.8) is 0 Å². The monoisotopic (exact) mass is 445 g/mol. The fourth-order valence-corrected chi connectivity index (χ4v) is 5.19. The van der Waals surface area contributed by atoms with Gasteiger partial charge in [0.2, 0.25) is 5.91 Å². The summed E-state index contributed by atoms with van der Waals surface area (Å²) >= 11 is 0. The standard InChI is InChI=1S/C25H31N7O/c1-17(33)31-10-5-11-32(13-12-31)22-9-8-19(15-27-22)21-14-20(18-6-3-2-4-7-18)23-24(26)28-16-29-25(23)30-21/h8-9,14-16,18H,2-7,10-13H2,1H3,(H2,26,28,29,30). The molecule has 8 nitrogen and oxygen atoms in total. The molecule has 1 aliphatic carbocycles. The number of aromatic nitrogens is 4. The summed E-state index contributed by atoms with van der Waals surface area (Å²) in [6.07, 6.45) is 10.4. The van der Waals surface area contributed by atoms with Gasteiger partial charge < -0.3 is 15.5 Å². The Bertz CT molecular complexity index is 1140. The van der Waals surface area contributed by atoms with Crippen molar-refractivity contribution in [3.8, 4) is 11.3 Å². The van der Waals surface area contributed by atoms with E-state index < -0.39 is 0 Å². The van der Waals surface area contributed by atoms with Gasteiger partial charge in [-0.3, -0.25) is 4.79 Å². The minimum atomic E-state index is 0.140. The molecule has 0 aromatic carbocycles. The van der Waals surface area contributed by atoms with Crippen molar-refractivity contribution in [2.45, 2.75) is 51.4 Å². The second kappa shape index (κ2) is 9.29. The molecule has 1 saturated carbocycles. The van der Waals surface area contributed by atoms with Crippen LogP contribution in [0.1, 0.15) is 56.9 Å². The molecule has 0 bridgehead atoms. The summed E-state index contributed by atoms with van der Waals surface area (Å²) in [5.41, 5.74) is 9.97. The van der Waals surface area contributed by atoms with Gasteiger partial charge in [-0.15, -0.1) is 0 Å². The molecule has 8 heteroatoms. The van der Waals surface area contributed by atoms with E-state index in [1.165, 1.54) is 31.2 Å². The van der Waals surface area contributed by atoms with Crippen molar-refractivity contribution in [1.82, 2.24) is 24.8 Å². The molecule has 172 valence electrons. The van der Waals surface area contributed by atoms with Crippen molar-refractivity contribution in [3.05, 3.63) is 36.3 Å². The third kappa shape index (κ3) is 4.47. The van der Waals surface area contributed by atoms with Crippen molar-refractivity contribution in [2.75, 3.05) is 36.8 Å². The van der Waals surface area contributed by atoms with Crippen LogP contribution in [0.25, 0.3) is 22.3 Å². The Morgan fingerprint density at radius 3 is 2.61 bits per heavy atom. The first-order valence-corrected chi connectivity index (χ1v) is 12.0. The average molecular weight is 446 g/mol. The van der Waals surface area contributed by atoms with Crippen LogP contribution < -0.4 is 10.6 Å². The lowest BCUT2D eigenvalue weighted by atomic mass is 9.82. The molecule has 3 aromatic heterocycles. The van der Waals surface area contributed by atoms with Crippen LogP contribution in [-0.2, 0) is 4.79 Å². The van der Waals surface area contributed by atoms with Gasteiger partial charge in [0.15, 0.2) is 5.65 Å². The normalized spacial score (nSPS) is 17.8. The highest BCUT2D eigenvalue weighted by Crippen LogP contribution is 2.38. The molecule has 2 fully saturated rings. The van der Waals surface area contributed by atoms with E-state index in [-0.39, 0.29) is 5.91 Å². The highest BCUT2D eigenvalue weighted by atomic mass is 16.2. The highest BCUT2D eigenvalue weighted by molar-refractivity contribution is 5.90. The van der Waals surface area contributed by atoms with Crippen LogP contribution in [0.15, 0.2) is 30.7 Å². The molecule has 2 aliphatic rings.